The quantitative estimate of drug-likeness (QED) is 0.639. The molecule has 5 nitrogen and oxygen atoms in total. The van der Waals surface area contributed by atoms with Crippen molar-refractivity contribution in [3.8, 4) is 0 Å². The molecule has 0 saturated carbocycles. The molecule has 0 aliphatic rings. The number of oxazole rings is 1. The molecule has 0 aliphatic heterocycles. The van der Waals surface area contributed by atoms with Crippen LogP contribution in [0.2, 0.25) is 0 Å². The predicted molar refractivity (Wildman–Crippen MR) is 100 cm³/mol. The van der Waals surface area contributed by atoms with Crippen molar-refractivity contribution >= 4 is 5.91 Å². The van der Waals surface area contributed by atoms with Crippen molar-refractivity contribution in [3.05, 3.63) is 89.1 Å². The maximum atomic E-state index is 14.1. The SMILES string of the molecule is CCNC(=O)c1coc(CN(Cc2ccccc2)Cc2ccc(F)cc2F)n1. The summed E-state index contributed by atoms with van der Waals surface area (Å²) in [6.45, 7) is 3.32. The Balaban J connectivity index is 1.78. The molecule has 3 rings (SSSR count). The molecule has 0 atom stereocenters. The number of carbonyl (C=O) groups is 1. The van der Waals surface area contributed by atoms with Crippen LogP contribution in [0.5, 0.6) is 0 Å². The number of amides is 1. The molecule has 3 aromatic rings. The van der Waals surface area contributed by atoms with Crippen molar-refractivity contribution in [3.63, 3.8) is 0 Å². The highest BCUT2D eigenvalue weighted by Gasteiger charge is 2.16. The van der Waals surface area contributed by atoms with E-state index in [9.17, 15) is 13.6 Å². The van der Waals surface area contributed by atoms with E-state index in [1.807, 2.05) is 42.2 Å². The summed E-state index contributed by atoms with van der Waals surface area (Å²) in [4.78, 5) is 18.0. The Labute approximate surface area is 162 Å². The fraction of sp³-hybridized carbons (Fsp3) is 0.238. The smallest absolute Gasteiger partial charge is 0.273 e. The van der Waals surface area contributed by atoms with Gasteiger partial charge in [0.25, 0.3) is 5.91 Å². The normalized spacial score (nSPS) is 11.0. The number of hydrogen-bond donors (Lipinski definition) is 1. The molecule has 28 heavy (non-hydrogen) atoms. The van der Waals surface area contributed by atoms with E-state index in [4.69, 9.17) is 4.42 Å². The van der Waals surface area contributed by atoms with Crippen LogP contribution in [0.25, 0.3) is 0 Å². The van der Waals surface area contributed by atoms with Gasteiger partial charge in [0.05, 0.1) is 6.54 Å². The highest BCUT2D eigenvalue weighted by atomic mass is 19.1. The zero-order valence-corrected chi connectivity index (χ0v) is 15.5. The lowest BCUT2D eigenvalue weighted by molar-refractivity contribution is 0.0950. The van der Waals surface area contributed by atoms with Crippen LogP contribution in [0.15, 0.2) is 59.2 Å². The highest BCUT2D eigenvalue weighted by Crippen LogP contribution is 2.17. The Morgan fingerprint density at radius 1 is 1.11 bits per heavy atom. The van der Waals surface area contributed by atoms with Crippen molar-refractivity contribution in [2.75, 3.05) is 6.54 Å². The fourth-order valence-electron chi connectivity index (χ4n) is 2.83. The lowest BCUT2D eigenvalue weighted by atomic mass is 10.1. The van der Waals surface area contributed by atoms with E-state index in [0.717, 1.165) is 11.6 Å². The molecule has 0 aliphatic carbocycles. The minimum absolute atomic E-state index is 0.199. The molecule has 2 aromatic carbocycles. The summed E-state index contributed by atoms with van der Waals surface area (Å²) in [7, 11) is 0. The average Bonchev–Trinajstić information content (AvgIpc) is 3.14. The minimum Gasteiger partial charge on any atom is -0.447 e. The Morgan fingerprint density at radius 3 is 2.61 bits per heavy atom. The number of rotatable bonds is 8. The summed E-state index contributed by atoms with van der Waals surface area (Å²) in [5, 5.41) is 2.66. The number of hydrogen-bond acceptors (Lipinski definition) is 4. The molecular weight excluding hydrogens is 364 g/mol. The van der Waals surface area contributed by atoms with Gasteiger partial charge in [0.1, 0.15) is 17.9 Å². The third kappa shape index (κ3) is 5.23. The van der Waals surface area contributed by atoms with Gasteiger partial charge in [0, 0.05) is 31.3 Å². The summed E-state index contributed by atoms with van der Waals surface area (Å²) in [6.07, 6.45) is 1.31. The van der Waals surface area contributed by atoms with Crippen molar-refractivity contribution in [1.29, 1.82) is 0 Å². The maximum absolute atomic E-state index is 14.1. The van der Waals surface area contributed by atoms with Crippen LogP contribution in [0, 0.1) is 11.6 Å². The van der Waals surface area contributed by atoms with Crippen LogP contribution >= 0.6 is 0 Å². The van der Waals surface area contributed by atoms with Crippen LogP contribution in [-0.4, -0.2) is 22.3 Å². The van der Waals surface area contributed by atoms with Crippen LogP contribution < -0.4 is 5.32 Å². The van der Waals surface area contributed by atoms with Gasteiger partial charge < -0.3 is 9.73 Å². The zero-order valence-electron chi connectivity index (χ0n) is 15.5. The first-order valence-electron chi connectivity index (χ1n) is 8.98. The summed E-state index contributed by atoms with van der Waals surface area (Å²) in [6, 6.07) is 13.2. The first kappa shape index (κ1) is 19.7. The first-order chi connectivity index (χ1) is 13.5. The molecule has 0 fully saturated rings. The highest BCUT2D eigenvalue weighted by molar-refractivity contribution is 5.91. The fourth-order valence-corrected chi connectivity index (χ4v) is 2.83. The van der Waals surface area contributed by atoms with Gasteiger partial charge in [-0.1, -0.05) is 36.4 Å². The van der Waals surface area contributed by atoms with Crippen molar-refractivity contribution in [1.82, 2.24) is 15.2 Å². The van der Waals surface area contributed by atoms with E-state index in [1.165, 1.54) is 18.4 Å². The van der Waals surface area contributed by atoms with E-state index in [1.54, 1.807) is 0 Å². The van der Waals surface area contributed by atoms with E-state index in [2.05, 4.69) is 10.3 Å². The Hall–Kier alpha value is -3.06. The van der Waals surface area contributed by atoms with Crippen molar-refractivity contribution in [2.24, 2.45) is 0 Å². The van der Waals surface area contributed by atoms with E-state index >= 15 is 0 Å². The van der Waals surface area contributed by atoms with Gasteiger partial charge in [-0.15, -0.1) is 0 Å². The number of benzene rings is 2. The molecule has 1 heterocycles. The summed E-state index contributed by atoms with van der Waals surface area (Å²) < 4.78 is 32.7. The summed E-state index contributed by atoms with van der Waals surface area (Å²) >= 11 is 0. The zero-order chi connectivity index (χ0) is 19.9. The molecule has 146 valence electrons. The third-order valence-electron chi connectivity index (χ3n) is 4.14. The second kappa shape index (κ2) is 9.23. The number of nitrogens with zero attached hydrogens (tertiary/aromatic N) is 2. The second-order valence-corrected chi connectivity index (χ2v) is 6.35. The molecule has 7 heteroatoms. The van der Waals surface area contributed by atoms with E-state index in [0.29, 0.717) is 24.5 Å². The summed E-state index contributed by atoms with van der Waals surface area (Å²) in [5.74, 6) is -1.18. The van der Waals surface area contributed by atoms with Crippen LogP contribution in [-0.2, 0) is 19.6 Å². The molecule has 1 amide bonds. The molecule has 1 aromatic heterocycles. The average molecular weight is 385 g/mol. The van der Waals surface area contributed by atoms with Gasteiger partial charge in [-0.3, -0.25) is 9.69 Å². The maximum Gasteiger partial charge on any atom is 0.273 e. The lowest BCUT2D eigenvalue weighted by Gasteiger charge is -2.21. The van der Waals surface area contributed by atoms with Crippen molar-refractivity contribution in [2.45, 2.75) is 26.6 Å². The molecular formula is C21H21F2N3O2. The van der Waals surface area contributed by atoms with Crippen molar-refractivity contribution < 1.29 is 18.0 Å². The molecule has 0 radical (unpaired) electrons. The monoisotopic (exact) mass is 385 g/mol. The van der Waals surface area contributed by atoms with Gasteiger partial charge >= 0.3 is 0 Å². The van der Waals surface area contributed by atoms with Crippen LogP contribution in [0.3, 0.4) is 0 Å². The molecule has 0 bridgehead atoms. The third-order valence-corrected chi connectivity index (χ3v) is 4.14. The molecule has 0 unspecified atom stereocenters. The minimum atomic E-state index is -0.616. The van der Waals surface area contributed by atoms with E-state index < -0.39 is 11.6 Å². The number of nitrogens with one attached hydrogen (secondary N) is 1. The van der Waals surface area contributed by atoms with Gasteiger partial charge in [-0.25, -0.2) is 13.8 Å². The lowest BCUT2D eigenvalue weighted by Crippen LogP contribution is -2.24. The number of aromatic nitrogens is 1. The predicted octanol–water partition coefficient (Wildman–Crippen LogP) is 3.90. The van der Waals surface area contributed by atoms with E-state index in [-0.39, 0.29) is 24.7 Å². The second-order valence-electron chi connectivity index (χ2n) is 6.35. The Bertz CT molecular complexity index is 928. The molecule has 0 spiro atoms. The first-order valence-corrected chi connectivity index (χ1v) is 8.98. The standard InChI is InChI=1S/C21H21F2N3O2/c1-2-24-21(27)19-14-28-20(25-19)13-26(11-15-6-4-3-5-7-15)12-16-8-9-17(22)10-18(16)23/h3-10,14H,2,11-13H2,1H3,(H,24,27). The summed E-state index contributed by atoms with van der Waals surface area (Å²) in [5.41, 5.74) is 1.60. The Morgan fingerprint density at radius 2 is 1.89 bits per heavy atom. The largest absolute Gasteiger partial charge is 0.447 e. The molecule has 1 N–H and O–H groups in total. The number of halogens is 2. The van der Waals surface area contributed by atoms with Crippen LogP contribution in [0.1, 0.15) is 34.4 Å². The van der Waals surface area contributed by atoms with Gasteiger partial charge in [-0.2, -0.15) is 0 Å². The number of carbonyl (C=O) groups excluding carboxylic acids is 1. The molecule has 0 saturated heterocycles. The van der Waals surface area contributed by atoms with Gasteiger partial charge in [0.2, 0.25) is 5.89 Å². The van der Waals surface area contributed by atoms with Gasteiger partial charge in [-0.05, 0) is 18.6 Å². The van der Waals surface area contributed by atoms with Crippen LogP contribution in [0.4, 0.5) is 8.78 Å². The van der Waals surface area contributed by atoms with Gasteiger partial charge in [0.15, 0.2) is 5.69 Å². The topological polar surface area (TPSA) is 58.4 Å². The Kier molecular flexibility index (Phi) is 6.49.